The van der Waals surface area contributed by atoms with E-state index in [0.29, 0.717) is 11.0 Å². The molecule has 0 aromatic carbocycles. The molecule has 96 valence electrons. The molecule has 1 unspecified atom stereocenters. The van der Waals surface area contributed by atoms with Crippen molar-refractivity contribution in [2.75, 3.05) is 33.7 Å². The molecule has 0 rings (SSSR count). The van der Waals surface area contributed by atoms with E-state index in [2.05, 4.69) is 37.7 Å². The first-order valence-corrected chi connectivity index (χ1v) is 6.59. The Hall–Kier alpha value is -0.190. The summed E-state index contributed by atoms with van der Waals surface area (Å²) < 4.78 is 0. The minimum Gasteiger partial charge on any atom is -0.393 e. The van der Waals surface area contributed by atoms with Crippen molar-refractivity contribution < 1.29 is 0 Å². The highest BCUT2D eigenvalue weighted by Crippen LogP contribution is 2.09. The van der Waals surface area contributed by atoms with Crippen LogP contribution < -0.4 is 5.73 Å². The monoisotopic (exact) mass is 245 g/mol. The zero-order chi connectivity index (χ0) is 12.6. The summed E-state index contributed by atoms with van der Waals surface area (Å²) in [6.45, 7) is 7.75. The quantitative estimate of drug-likeness (QED) is 0.627. The van der Waals surface area contributed by atoms with E-state index in [0.717, 1.165) is 32.5 Å². The van der Waals surface area contributed by atoms with Gasteiger partial charge in [-0.3, -0.25) is 4.90 Å². The van der Waals surface area contributed by atoms with Crippen LogP contribution in [0.2, 0.25) is 0 Å². The first-order valence-electron chi connectivity index (χ1n) is 6.18. The van der Waals surface area contributed by atoms with Crippen molar-refractivity contribution in [1.82, 2.24) is 9.80 Å². The zero-order valence-corrected chi connectivity index (χ0v) is 12.0. The maximum atomic E-state index is 5.65. The van der Waals surface area contributed by atoms with Crippen molar-refractivity contribution in [3.63, 3.8) is 0 Å². The van der Waals surface area contributed by atoms with Crippen LogP contribution in [0.5, 0.6) is 0 Å². The molecule has 2 N–H and O–H groups in total. The predicted molar refractivity (Wildman–Crippen MR) is 75.9 cm³/mol. The lowest BCUT2D eigenvalue weighted by Gasteiger charge is -2.31. The van der Waals surface area contributed by atoms with E-state index in [9.17, 15) is 0 Å². The van der Waals surface area contributed by atoms with E-state index in [1.54, 1.807) is 0 Å². The second-order valence-electron chi connectivity index (χ2n) is 4.57. The first-order chi connectivity index (χ1) is 7.51. The van der Waals surface area contributed by atoms with E-state index in [-0.39, 0.29) is 0 Å². The second-order valence-corrected chi connectivity index (χ2v) is 5.10. The molecule has 0 bridgehead atoms. The Morgan fingerprint density at radius 1 is 1.19 bits per heavy atom. The highest BCUT2D eigenvalue weighted by atomic mass is 32.1. The van der Waals surface area contributed by atoms with Gasteiger partial charge in [0.1, 0.15) is 0 Å². The Balaban J connectivity index is 4.27. The fourth-order valence-electron chi connectivity index (χ4n) is 1.86. The van der Waals surface area contributed by atoms with E-state index < -0.39 is 0 Å². The SMILES string of the molecule is CCCN(CCN(C)C)C(CC)CC(N)=S. The Bertz CT molecular complexity index is 195. The molecule has 4 heteroatoms. The average molecular weight is 245 g/mol. The van der Waals surface area contributed by atoms with E-state index in [1.165, 1.54) is 6.42 Å². The molecule has 0 amide bonds. The number of thiocarbonyl (C=S) groups is 1. The highest BCUT2D eigenvalue weighted by Gasteiger charge is 2.16. The minimum absolute atomic E-state index is 0.511. The zero-order valence-electron chi connectivity index (χ0n) is 11.2. The summed E-state index contributed by atoms with van der Waals surface area (Å²) in [6.07, 6.45) is 3.14. The summed E-state index contributed by atoms with van der Waals surface area (Å²) >= 11 is 5.02. The molecule has 0 spiro atoms. The summed E-state index contributed by atoms with van der Waals surface area (Å²) in [7, 11) is 4.22. The van der Waals surface area contributed by atoms with Gasteiger partial charge in [0.2, 0.25) is 0 Å². The summed E-state index contributed by atoms with van der Waals surface area (Å²) in [5.74, 6) is 0. The van der Waals surface area contributed by atoms with Crippen LogP contribution >= 0.6 is 12.2 Å². The van der Waals surface area contributed by atoms with Gasteiger partial charge in [-0.15, -0.1) is 0 Å². The molecule has 0 heterocycles. The third-order valence-corrected chi connectivity index (χ3v) is 2.94. The summed E-state index contributed by atoms with van der Waals surface area (Å²) in [5.41, 5.74) is 5.65. The maximum Gasteiger partial charge on any atom is 0.0743 e. The van der Waals surface area contributed by atoms with Gasteiger partial charge in [0.25, 0.3) is 0 Å². The van der Waals surface area contributed by atoms with Gasteiger partial charge in [-0.25, -0.2) is 0 Å². The first kappa shape index (κ1) is 15.8. The van der Waals surface area contributed by atoms with Gasteiger partial charge in [-0.2, -0.15) is 0 Å². The van der Waals surface area contributed by atoms with Crippen molar-refractivity contribution in [3.8, 4) is 0 Å². The van der Waals surface area contributed by atoms with Gasteiger partial charge >= 0.3 is 0 Å². The van der Waals surface area contributed by atoms with Crippen molar-refractivity contribution >= 4 is 17.2 Å². The maximum absolute atomic E-state index is 5.65. The number of likely N-dealkylation sites (N-methyl/N-ethyl adjacent to an activating group) is 1. The molecule has 0 saturated heterocycles. The molecule has 0 aliphatic carbocycles. The fraction of sp³-hybridized carbons (Fsp3) is 0.917. The number of nitrogens with zero attached hydrogens (tertiary/aromatic N) is 2. The normalized spacial score (nSPS) is 13.4. The molecule has 0 aliphatic heterocycles. The van der Waals surface area contributed by atoms with Gasteiger partial charge in [-0.1, -0.05) is 26.1 Å². The van der Waals surface area contributed by atoms with Crippen LogP contribution in [-0.2, 0) is 0 Å². The molecule has 0 aliphatic rings. The Kier molecular flexibility index (Phi) is 8.80. The lowest BCUT2D eigenvalue weighted by molar-refractivity contribution is 0.177. The molecular weight excluding hydrogens is 218 g/mol. The van der Waals surface area contributed by atoms with Crippen LogP contribution in [0.15, 0.2) is 0 Å². The van der Waals surface area contributed by atoms with Gasteiger partial charge < -0.3 is 10.6 Å². The van der Waals surface area contributed by atoms with Crippen LogP contribution in [0.4, 0.5) is 0 Å². The van der Waals surface area contributed by atoms with Crippen LogP contribution in [0.1, 0.15) is 33.1 Å². The van der Waals surface area contributed by atoms with Gasteiger partial charge in [0.05, 0.1) is 4.99 Å². The van der Waals surface area contributed by atoms with Gasteiger partial charge in [0.15, 0.2) is 0 Å². The molecule has 0 fully saturated rings. The Morgan fingerprint density at radius 3 is 2.19 bits per heavy atom. The van der Waals surface area contributed by atoms with E-state index in [4.69, 9.17) is 18.0 Å². The summed E-state index contributed by atoms with van der Waals surface area (Å²) in [4.78, 5) is 5.37. The average Bonchev–Trinajstić information content (AvgIpc) is 2.20. The lowest BCUT2D eigenvalue weighted by atomic mass is 10.1. The van der Waals surface area contributed by atoms with Crippen molar-refractivity contribution in [2.24, 2.45) is 5.73 Å². The molecule has 0 saturated carbocycles. The van der Waals surface area contributed by atoms with Crippen LogP contribution in [0.25, 0.3) is 0 Å². The summed E-state index contributed by atoms with van der Waals surface area (Å²) in [5, 5.41) is 0. The highest BCUT2D eigenvalue weighted by molar-refractivity contribution is 7.80. The Labute approximate surface area is 106 Å². The molecule has 0 aromatic heterocycles. The topological polar surface area (TPSA) is 32.5 Å². The van der Waals surface area contributed by atoms with Crippen LogP contribution in [0.3, 0.4) is 0 Å². The third-order valence-electron chi connectivity index (χ3n) is 2.77. The predicted octanol–water partition coefficient (Wildman–Crippen LogP) is 1.71. The fourth-order valence-corrected chi connectivity index (χ4v) is 2.05. The minimum atomic E-state index is 0.511. The third kappa shape index (κ3) is 7.14. The molecular formula is C12H27N3S. The standard InChI is InChI=1S/C12H27N3S/c1-5-7-15(9-8-14(3)4)11(6-2)10-12(13)16/h11H,5-10H2,1-4H3,(H2,13,16). The number of hydrogen-bond acceptors (Lipinski definition) is 3. The summed E-state index contributed by atoms with van der Waals surface area (Å²) in [6, 6.07) is 0.511. The van der Waals surface area contributed by atoms with Crippen LogP contribution in [0, 0.1) is 0 Å². The molecule has 3 nitrogen and oxygen atoms in total. The van der Waals surface area contributed by atoms with E-state index >= 15 is 0 Å². The molecule has 16 heavy (non-hydrogen) atoms. The van der Waals surface area contributed by atoms with E-state index in [1.807, 2.05) is 0 Å². The smallest absolute Gasteiger partial charge is 0.0743 e. The van der Waals surface area contributed by atoms with Gasteiger partial charge in [0, 0.05) is 25.6 Å². The number of hydrogen-bond donors (Lipinski definition) is 1. The number of nitrogens with two attached hydrogens (primary N) is 1. The molecule has 0 radical (unpaired) electrons. The van der Waals surface area contributed by atoms with Crippen LogP contribution in [-0.4, -0.2) is 54.6 Å². The lowest BCUT2D eigenvalue weighted by Crippen LogP contribution is -2.41. The molecule has 0 aromatic rings. The largest absolute Gasteiger partial charge is 0.393 e. The number of rotatable bonds is 9. The Morgan fingerprint density at radius 2 is 1.81 bits per heavy atom. The second kappa shape index (κ2) is 8.90. The molecule has 1 atom stereocenters. The van der Waals surface area contributed by atoms with Gasteiger partial charge in [-0.05, 0) is 33.5 Å². The van der Waals surface area contributed by atoms with Crippen molar-refractivity contribution in [2.45, 2.75) is 39.2 Å². The van der Waals surface area contributed by atoms with Crippen molar-refractivity contribution in [1.29, 1.82) is 0 Å². The van der Waals surface area contributed by atoms with Crippen molar-refractivity contribution in [3.05, 3.63) is 0 Å².